The van der Waals surface area contributed by atoms with Crippen LogP contribution in [0.25, 0.3) is 0 Å². The largest absolute Gasteiger partial charge is 0.508 e. The predicted molar refractivity (Wildman–Crippen MR) is 142 cm³/mol. The summed E-state index contributed by atoms with van der Waals surface area (Å²) in [6.07, 6.45) is -0.203. The van der Waals surface area contributed by atoms with Gasteiger partial charge >= 0.3 is 11.9 Å². The van der Waals surface area contributed by atoms with Crippen molar-refractivity contribution in [2.75, 3.05) is 12.5 Å². The number of nitrogens with zero attached hydrogens (tertiary/aromatic N) is 2. The summed E-state index contributed by atoms with van der Waals surface area (Å²) in [5, 5.41) is 10.3. The number of benzene rings is 1. The van der Waals surface area contributed by atoms with Gasteiger partial charge in [0.1, 0.15) is 40.3 Å². The lowest BCUT2D eigenvalue weighted by atomic mass is 9.98. The molecule has 5 atom stereocenters. The maximum absolute atomic E-state index is 13.0. The molecular weight excluding hydrogens is 580 g/mol. The first-order valence-electron chi connectivity index (χ1n) is 12.6. The van der Waals surface area contributed by atoms with E-state index in [4.69, 9.17) is 15.2 Å². The molecule has 3 saturated heterocycles. The van der Waals surface area contributed by atoms with Gasteiger partial charge in [0.05, 0.1) is 11.2 Å². The average Bonchev–Trinajstić information content (AvgIpc) is 3.04. The number of ether oxygens (including phenoxy) is 2. The smallest absolute Gasteiger partial charge is 0.357 e. The number of phenols is 1. The number of carbonyl (C=O) groups excluding carboxylic acids is 5. The highest BCUT2D eigenvalue weighted by atomic mass is 32.2. The van der Waals surface area contributed by atoms with Crippen LogP contribution in [0, 0.1) is 0 Å². The van der Waals surface area contributed by atoms with E-state index in [0.717, 1.165) is 4.90 Å². The lowest BCUT2D eigenvalue weighted by Crippen LogP contribution is -2.71. The second-order valence-corrected chi connectivity index (χ2v) is 14.4. The number of hydrogen-bond acceptors (Lipinski definition) is 12. The second kappa shape index (κ2) is 10.0. The molecule has 220 valence electrons. The van der Waals surface area contributed by atoms with Crippen molar-refractivity contribution in [3.05, 3.63) is 41.1 Å². The van der Waals surface area contributed by atoms with E-state index in [1.807, 2.05) is 0 Å². The number of fused-ring (bicyclic) bond motifs is 2. The summed E-state index contributed by atoms with van der Waals surface area (Å²) in [6, 6.07) is 2.32. The van der Waals surface area contributed by atoms with Gasteiger partial charge in [0.15, 0.2) is 9.84 Å². The highest BCUT2D eigenvalue weighted by Crippen LogP contribution is 2.46. The minimum Gasteiger partial charge on any atom is -0.508 e. The summed E-state index contributed by atoms with van der Waals surface area (Å²) in [7, 11) is -3.81. The molecule has 0 radical (unpaired) electrons. The number of nitrogens with one attached hydrogen (secondary N) is 1. The third-order valence-corrected chi connectivity index (χ3v) is 12.0. The number of phenolic OH excluding ortho intramolecular Hbond substituents is 1. The molecule has 4 N–H and O–H groups in total. The highest BCUT2D eigenvalue weighted by molar-refractivity contribution is 8.00. The molecule has 0 saturated carbocycles. The Morgan fingerprint density at radius 3 is 2.49 bits per heavy atom. The summed E-state index contributed by atoms with van der Waals surface area (Å²) >= 11 is 1.33. The Kier molecular flexibility index (Phi) is 7.06. The molecule has 3 amide bonds. The number of sulfone groups is 1. The van der Waals surface area contributed by atoms with Gasteiger partial charge in [-0.3, -0.25) is 19.3 Å². The third kappa shape index (κ3) is 4.44. The molecule has 3 fully saturated rings. The molecular formula is C25H28N4O10S2. The van der Waals surface area contributed by atoms with Crippen molar-refractivity contribution in [1.29, 1.82) is 0 Å². The van der Waals surface area contributed by atoms with Crippen molar-refractivity contribution in [3.63, 3.8) is 0 Å². The van der Waals surface area contributed by atoms with Crippen LogP contribution in [0.5, 0.6) is 5.75 Å². The van der Waals surface area contributed by atoms with E-state index in [-0.39, 0.29) is 17.9 Å². The summed E-state index contributed by atoms with van der Waals surface area (Å²) in [6.45, 7) is 3.44. The molecule has 41 heavy (non-hydrogen) atoms. The molecule has 4 aliphatic heterocycles. The number of amides is 3. The van der Waals surface area contributed by atoms with E-state index >= 15 is 0 Å². The van der Waals surface area contributed by atoms with Crippen molar-refractivity contribution in [2.45, 2.75) is 60.8 Å². The fraction of sp³-hybridized carbons (Fsp3) is 0.480. The van der Waals surface area contributed by atoms with E-state index in [2.05, 4.69) is 5.32 Å². The van der Waals surface area contributed by atoms with Gasteiger partial charge in [0.25, 0.3) is 5.91 Å². The average molecular weight is 609 g/mol. The number of β-lactam (4-membered cyclic amide) rings is 2. The Labute approximate surface area is 239 Å². The summed E-state index contributed by atoms with van der Waals surface area (Å²) in [5.41, 5.74) is 6.91. The zero-order valence-corrected chi connectivity index (χ0v) is 23.9. The van der Waals surface area contributed by atoms with E-state index in [0.29, 0.717) is 16.9 Å². The maximum Gasteiger partial charge on any atom is 0.357 e. The van der Waals surface area contributed by atoms with Gasteiger partial charge in [-0.1, -0.05) is 12.1 Å². The van der Waals surface area contributed by atoms with Gasteiger partial charge in [-0.05, 0) is 44.0 Å². The lowest BCUT2D eigenvalue weighted by molar-refractivity contribution is -0.175. The molecule has 0 aromatic heterocycles. The number of thioether (sulfide) groups is 1. The van der Waals surface area contributed by atoms with Crippen molar-refractivity contribution >= 4 is 51.3 Å². The van der Waals surface area contributed by atoms with Crippen LogP contribution >= 0.6 is 11.8 Å². The zero-order valence-electron chi connectivity index (χ0n) is 22.2. The summed E-state index contributed by atoms with van der Waals surface area (Å²) in [5.74, 6) is -3.28. The highest BCUT2D eigenvalue weighted by Gasteiger charge is 2.68. The Morgan fingerprint density at radius 1 is 1.20 bits per heavy atom. The third-order valence-electron chi connectivity index (χ3n) is 7.77. The van der Waals surface area contributed by atoms with Crippen molar-refractivity contribution < 1.29 is 47.0 Å². The molecule has 5 rings (SSSR count). The molecule has 5 unspecified atom stereocenters. The van der Waals surface area contributed by atoms with Crippen molar-refractivity contribution in [1.82, 2.24) is 15.1 Å². The van der Waals surface area contributed by atoms with Crippen LogP contribution in [0.4, 0.5) is 0 Å². The Bertz CT molecular complexity index is 1490. The number of aromatic hydroxyl groups is 1. The molecule has 1 aromatic carbocycles. The fourth-order valence-corrected chi connectivity index (χ4v) is 8.75. The molecule has 0 aliphatic carbocycles. The van der Waals surface area contributed by atoms with E-state index in [1.165, 1.54) is 54.8 Å². The number of rotatable bonds is 7. The number of nitrogens with two attached hydrogens (primary N) is 1. The van der Waals surface area contributed by atoms with E-state index < -0.39 is 79.9 Å². The van der Waals surface area contributed by atoms with Gasteiger partial charge in [-0.25, -0.2) is 18.0 Å². The topological polar surface area (TPSA) is 203 Å². The number of hydrogen-bond donors (Lipinski definition) is 3. The number of carbonyl (C=O) groups is 5. The normalized spacial score (nSPS) is 28.1. The van der Waals surface area contributed by atoms with Crippen molar-refractivity contribution in [3.8, 4) is 5.75 Å². The van der Waals surface area contributed by atoms with Crippen LogP contribution in [0.2, 0.25) is 0 Å². The quantitative estimate of drug-likeness (QED) is 0.199. The maximum atomic E-state index is 13.0. The second-order valence-electron chi connectivity index (χ2n) is 10.6. The predicted octanol–water partition coefficient (Wildman–Crippen LogP) is -0.756. The lowest BCUT2D eigenvalue weighted by Gasteiger charge is -2.49. The molecule has 0 spiro atoms. The van der Waals surface area contributed by atoms with Crippen LogP contribution in [0.3, 0.4) is 0 Å². The minimum atomic E-state index is -3.81. The molecule has 1 aromatic rings. The van der Waals surface area contributed by atoms with E-state index in [1.54, 1.807) is 6.92 Å². The molecule has 16 heteroatoms. The summed E-state index contributed by atoms with van der Waals surface area (Å²) < 4.78 is 34.0. The first-order chi connectivity index (χ1) is 19.2. The zero-order chi connectivity index (χ0) is 30.0. The minimum absolute atomic E-state index is 0.0105. The monoisotopic (exact) mass is 608 g/mol. The number of esters is 2. The molecule has 14 nitrogen and oxygen atoms in total. The van der Waals surface area contributed by atoms with Crippen LogP contribution in [-0.4, -0.2) is 93.1 Å². The van der Waals surface area contributed by atoms with Crippen LogP contribution in [0.15, 0.2) is 35.5 Å². The summed E-state index contributed by atoms with van der Waals surface area (Å²) in [4.78, 5) is 65.6. The Hall–Kier alpha value is -3.63. The van der Waals surface area contributed by atoms with Gasteiger partial charge < -0.3 is 30.5 Å². The van der Waals surface area contributed by atoms with E-state index in [9.17, 15) is 37.5 Å². The van der Waals surface area contributed by atoms with Gasteiger partial charge in [0.2, 0.25) is 18.6 Å². The van der Waals surface area contributed by atoms with Crippen LogP contribution in [-0.2, 0) is 43.3 Å². The SMILES string of the molecule is CC1=C(C(=O)OCOC(=O)C2N3C(=O)CC3S(=O)(=O)C2(C)C)N2C(=O)C(NC(=O)C(N)c3ccc(O)cc3)C2SC1. The van der Waals surface area contributed by atoms with Gasteiger partial charge in [-0.2, -0.15) is 0 Å². The van der Waals surface area contributed by atoms with Gasteiger partial charge in [-0.15, -0.1) is 11.8 Å². The fourth-order valence-electron chi connectivity index (χ4n) is 5.34. The van der Waals surface area contributed by atoms with Crippen LogP contribution in [0.1, 0.15) is 38.8 Å². The molecule has 4 aliphatic rings. The van der Waals surface area contributed by atoms with Crippen LogP contribution < -0.4 is 11.1 Å². The molecule has 4 heterocycles. The first-order valence-corrected chi connectivity index (χ1v) is 15.2. The molecule has 0 bridgehead atoms. The first kappa shape index (κ1) is 28.9. The standard InChI is InChI=1S/C25H28N4O10S2/c1-11-9-40-22-17(27-20(32)16(26)12-4-6-13(30)7-5-12)21(33)29(22)18(11)23(34)38-10-39-24(35)19-25(2,3)41(36,37)15-8-14(31)28(15)19/h4-7,15-17,19,22,30H,8-10,26H2,1-3H3,(H,27,32). The van der Waals surface area contributed by atoms with Gasteiger partial charge in [0, 0.05) is 5.75 Å². The Morgan fingerprint density at radius 2 is 1.85 bits per heavy atom. The Balaban J connectivity index is 1.19. The van der Waals surface area contributed by atoms with Crippen molar-refractivity contribution in [2.24, 2.45) is 5.73 Å².